The SMILES string of the molecule is Cc1ccc(-n2c(Sc3ccc4nnc(C(F)F)n4n3)nnc2N2CCCCC2)cc1. The molecule has 1 aliphatic rings. The van der Waals surface area contributed by atoms with Crippen LogP contribution in [0, 0.1) is 6.92 Å². The molecule has 0 radical (unpaired) electrons. The van der Waals surface area contributed by atoms with E-state index in [1.807, 2.05) is 35.8 Å². The lowest BCUT2D eigenvalue weighted by molar-refractivity contribution is 0.137. The predicted octanol–water partition coefficient (Wildman–Crippen LogP) is 4.09. The second kappa shape index (κ2) is 8.22. The van der Waals surface area contributed by atoms with Crippen molar-refractivity contribution in [1.82, 2.24) is 34.6 Å². The highest BCUT2D eigenvalue weighted by Crippen LogP contribution is 2.32. The maximum Gasteiger partial charge on any atom is 0.299 e. The molecule has 0 amide bonds. The van der Waals surface area contributed by atoms with Gasteiger partial charge in [-0.25, -0.2) is 8.78 Å². The van der Waals surface area contributed by atoms with Crippen LogP contribution in [0.2, 0.25) is 0 Å². The van der Waals surface area contributed by atoms with E-state index in [4.69, 9.17) is 0 Å². The van der Waals surface area contributed by atoms with Crippen molar-refractivity contribution in [3.63, 3.8) is 0 Å². The molecule has 0 spiro atoms. The van der Waals surface area contributed by atoms with Crippen molar-refractivity contribution in [2.24, 2.45) is 0 Å². The van der Waals surface area contributed by atoms with Crippen LogP contribution in [0.15, 0.2) is 46.6 Å². The normalized spacial score (nSPS) is 14.6. The number of halogens is 2. The van der Waals surface area contributed by atoms with Crippen LogP contribution in [0.1, 0.15) is 37.1 Å². The lowest BCUT2D eigenvalue weighted by Crippen LogP contribution is -2.31. The molecule has 1 aromatic carbocycles. The standard InChI is InChI=1S/C20H20F2N8S/c1-13-5-7-14(8-6-13)29-19(28-11-3-2-4-12-28)25-26-20(29)31-16-10-9-15-23-24-18(17(21)22)30(15)27-16/h5-10,17H,2-4,11-12H2,1H3. The van der Waals surface area contributed by atoms with E-state index in [9.17, 15) is 8.78 Å². The Morgan fingerprint density at radius 2 is 1.68 bits per heavy atom. The van der Waals surface area contributed by atoms with E-state index in [2.05, 4.69) is 30.4 Å². The number of benzene rings is 1. The molecule has 4 aromatic rings. The molecule has 4 heterocycles. The fourth-order valence-corrected chi connectivity index (χ4v) is 4.43. The Bertz CT molecular complexity index is 1200. The van der Waals surface area contributed by atoms with Gasteiger partial charge in [0, 0.05) is 13.1 Å². The molecule has 1 saturated heterocycles. The number of fused-ring (bicyclic) bond motifs is 1. The monoisotopic (exact) mass is 442 g/mol. The summed E-state index contributed by atoms with van der Waals surface area (Å²) in [6.07, 6.45) is 0.688. The molecule has 5 rings (SSSR count). The molecule has 1 aliphatic heterocycles. The highest BCUT2D eigenvalue weighted by atomic mass is 32.2. The largest absolute Gasteiger partial charge is 0.341 e. The van der Waals surface area contributed by atoms with Gasteiger partial charge in [0.25, 0.3) is 6.43 Å². The number of rotatable bonds is 5. The Labute approximate surface area is 181 Å². The molecule has 0 aliphatic carbocycles. The topological polar surface area (TPSA) is 77.0 Å². The maximum atomic E-state index is 13.2. The first kappa shape index (κ1) is 19.9. The van der Waals surface area contributed by atoms with Crippen molar-refractivity contribution in [3.05, 3.63) is 47.8 Å². The Balaban J connectivity index is 1.55. The molecule has 1 fully saturated rings. The third kappa shape index (κ3) is 3.85. The molecule has 31 heavy (non-hydrogen) atoms. The van der Waals surface area contributed by atoms with Crippen LogP contribution in [0.3, 0.4) is 0 Å². The molecular formula is C20H20F2N8S. The molecular weight excluding hydrogens is 422 g/mol. The van der Waals surface area contributed by atoms with Crippen molar-refractivity contribution in [2.75, 3.05) is 18.0 Å². The Morgan fingerprint density at radius 3 is 2.42 bits per heavy atom. The summed E-state index contributed by atoms with van der Waals surface area (Å²) in [4.78, 5) is 2.24. The van der Waals surface area contributed by atoms with Gasteiger partial charge in [-0.1, -0.05) is 17.7 Å². The maximum absolute atomic E-state index is 13.2. The minimum atomic E-state index is -2.76. The highest BCUT2D eigenvalue weighted by molar-refractivity contribution is 7.99. The van der Waals surface area contributed by atoms with Crippen LogP contribution in [0.25, 0.3) is 11.3 Å². The molecule has 3 aromatic heterocycles. The summed E-state index contributed by atoms with van der Waals surface area (Å²) < 4.78 is 29.5. The van der Waals surface area contributed by atoms with Gasteiger partial charge < -0.3 is 4.90 Å². The van der Waals surface area contributed by atoms with E-state index in [1.54, 1.807) is 12.1 Å². The number of aryl methyl sites for hydroxylation is 1. The molecule has 11 heteroatoms. The number of hydrogen-bond donors (Lipinski definition) is 0. The fourth-order valence-electron chi connectivity index (χ4n) is 3.62. The number of anilines is 1. The number of piperidine rings is 1. The zero-order valence-electron chi connectivity index (χ0n) is 16.8. The first-order valence-electron chi connectivity index (χ1n) is 10.1. The van der Waals surface area contributed by atoms with Crippen molar-refractivity contribution < 1.29 is 8.78 Å². The molecule has 0 N–H and O–H groups in total. The summed E-state index contributed by atoms with van der Waals surface area (Å²) in [5.74, 6) is 0.302. The minimum Gasteiger partial charge on any atom is -0.341 e. The number of hydrogen-bond acceptors (Lipinski definition) is 7. The summed E-state index contributed by atoms with van der Waals surface area (Å²) in [6.45, 7) is 3.89. The van der Waals surface area contributed by atoms with Crippen molar-refractivity contribution in [3.8, 4) is 5.69 Å². The zero-order valence-corrected chi connectivity index (χ0v) is 17.6. The van der Waals surface area contributed by atoms with Gasteiger partial charge in [-0.2, -0.15) is 9.61 Å². The van der Waals surface area contributed by atoms with Crippen LogP contribution in [0.5, 0.6) is 0 Å². The Morgan fingerprint density at radius 1 is 0.903 bits per heavy atom. The van der Waals surface area contributed by atoms with Gasteiger partial charge in [0.1, 0.15) is 5.03 Å². The van der Waals surface area contributed by atoms with Crippen LogP contribution >= 0.6 is 11.8 Å². The van der Waals surface area contributed by atoms with Crippen molar-refractivity contribution in [1.29, 1.82) is 0 Å². The number of aromatic nitrogens is 7. The van der Waals surface area contributed by atoms with E-state index in [0.717, 1.165) is 47.6 Å². The van der Waals surface area contributed by atoms with Gasteiger partial charge in [-0.15, -0.1) is 20.4 Å². The molecule has 0 saturated carbocycles. The van der Waals surface area contributed by atoms with Crippen LogP contribution in [-0.2, 0) is 0 Å². The van der Waals surface area contributed by atoms with E-state index in [-0.39, 0.29) is 5.65 Å². The summed E-state index contributed by atoms with van der Waals surface area (Å²) in [7, 11) is 0. The van der Waals surface area contributed by atoms with Gasteiger partial charge in [0.15, 0.2) is 5.65 Å². The molecule has 0 atom stereocenters. The molecule has 0 bridgehead atoms. The minimum absolute atomic E-state index is 0.272. The number of alkyl halides is 2. The zero-order chi connectivity index (χ0) is 21.4. The Kier molecular flexibility index (Phi) is 5.26. The summed E-state index contributed by atoms with van der Waals surface area (Å²) in [5, 5.41) is 21.6. The van der Waals surface area contributed by atoms with E-state index < -0.39 is 12.2 Å². The summed E-state index contributed by atoms with van der Waals surface area (Å²) in [5.41, 5.74) is 2.37. The highest BCUT2D eigenvalue weighted by Gasteiger charge is 2.23. The predicted molar refractivity (Wildman–Crippen MR) is 112 cm³/mol. The second-order valence-corrected chi connectivity index (χ2v) is 8.39. The first-order valence-corrected chi connectivity index (χ1v) is 10.9. The molecule has 160 valence electrons. The van der Waals surface area contributed by atoms with E-state index >= 15 is 0 Å². The average molecular weight is 442 g/mol. The molecule has 0 unspecified atom stereocenters. The van der Waals surface area contributed by atoms with Crippen molar-refractivity contribution in [2.45, 2.75) is 42.8 Å². The fraction of sp³-hybridized carbons (Fsp3) is 0.350. The quantitative estimate of drug-likeness (QED) is 0.461. The first-order chi connectivity index (χ1) is 15.1. The van der Waals surface area contributed by atoms with E-state index in [1.165, 1.54) is 18.2 Å². The number of nitrogens with zero attached hydrogens (tertiary/aromatic N) is 8. The van der Waals surface area contributed by atoms with E-state index in [0.29, 0.717) is 10.2 Å². The third-order valence-electron chi connectivity index (χ3n) is 5.20. The van der Waals surface area contributed by atoms with Crippen LogP contribution < -0.4 is 4.90 Å². The molecule has 8 nitrogen and oxygen atoms in total. The van der Waals surface area contributed by atoms with Gasteiger partial charge in [-0.3, -0.25) is 4.57 Å². The van der Waals surface area contributed by atoms with Gasteiger partial charge in [0.05, 0.1) is 5.69 Å². The second-order valence-electron chi connectivity index (χ2n) is 7.40. The lowest BCUT2D eigenvalue weighted by atomic mass is 10.1. The van der Waals surface area contributed by atoms with Crippen LogP contribution in [0.4, 0.5) is 14.7 Å². The van der Waals surface area contributed by atoms with Gasteiger partial charge >= 0.3 is 0 Å². The summed E-state index contributed by atoms with van der Waals surface area (Å²) >= 11 is 1.27. The lowest BCUT2D eigenvalue weighted by Gasteiger charge is -2.27. The average Bonchev–Trinajstić information content (AvgIpc) is 3.39. The van der Waals surface area contributed by atoms with Gasteiger partial charge in [-0.05, 0) is 62.2 Å². The van der Waals surface area contributed by atoms with Gasteiger partial charge in [0.2, 0.25) is 16.9 Å². The smallest absolute Gasteiger partial charge is 0.299 e. The summed E-state index contributed by atoms with van der Waals surface area (Å²) in [6, 6.07) is 11.5. The third-order valence-corrected chi connectivity index (χ3v) is 6.07. The Hall–Kier alpha value is -3.08. The van der Waals surface area contributed by atoms with Crippen molar-refractivity contribution >= 4 is 23.4 Å². The van der Waals surface area contributed by atoms with Crippen LogP contribution in [-0.4, -0.2) is 47.7 Å².